The van der Waals surface area contributed by atoms with Gasteiger partial charge in [-0.25, -0.2) is 4.79 Å². The smallest absolute Gasteiger partial charge is 0.492 e. The van der Waals surface area contributed by atoms with Gasteiger partial charge in [-0.3, -0.25) is 4.84 Å². The zero-order valence-corrected chi connectivity index (χ0v) is 10.9. The average molecular weight is 269 g/mol. The second-order valence-corrected chi connectivity index (χ2v) is 5.04. The molecule has 1 aliphatic carbocycles. The minimum absolute atomic E-state index is 0.155. The Kier molecular flexibility index (Phi) is 4.19. The van der Waals surface area contributed by atoms with E-state index in [9.17, 15) is 15.0 Å². The Morgan fingerprint density at radius 2 is 1.89 bits per heavy atom. The number of aromatic hydroxyl groups is 2. The Morgan fingerprint density at radius 3 is 2.58 bits per heavy atom. The number of carbonyl (C=O) groups is 1. The molecule has 1 aromatic heterocycles. The van der Waals surface area contributed by atoms with Crippen molar-refractivity contribution in [3.63, 3.8) is 0 Å². The Hall–Kier alpha value is -1.85. The predicted molar refractivity (Wildman–Crippen MR) is 66.9 cm³/mol. The lowest BCUT2D eigenvalue weighted by atomic mass is 10.0. The fourth-order valence-electron chi connectivity index (χ4n) is 2.30. The van der Waals surface area contributed by atoms with E-state index in [0.717, 1.165) is 32.1 Å². The third kappa shape index (κ3) is 3.56. The molecule has 6 heteroatoms. The van der Waals surface area contributed by atoms with Crippen LogP contribution in [0.2, 0.25) is 0 Å². The maximum atomic E-state index is 11.6. The van der Waals surface area contributed by atoms with Crippen LogP contribution in [0.4, 0.5) is 4.79 Å². The van der Waals surface area contributed by atoms with E-state index in [1.54, 1.807) is 0 Å². The summed E-state index contributed by atoms with van der Waals surface area (Å²) in [5, 5.41) is 18.7. The molecule has 1 fully saturated rings. The number of rotatable bonds is 2. The lowest BCUT2D eigenvalue weighted by Crippen LogP contribution is -2.25. The molecule has 0 aliphatic heterocycles. The third-order valence-electron chi connectivity index (χ3n) is 3.43. The summed E-state index contributed by atoms with van der Waals surface area (Å²) in [6, 6.07) is 2.44. The van der Waals surface area contributed by atoms with Crippen molar-refractivity contribution in [1.29, 1.82) is 0 Å². The van der Waals surface area contributed by atoms with Gasteiger partial charge in [0.05, 0.1) is 0 Å². The highest BCUT2D eigenvalue weighted by Gasteiger charge is 2.22. The largest absolute Gasteiger partial charge is 0.534 e. The Labute approximate surface area is 111 Å². The molecule has 2 atom stereocenters. The molecule has 6 nitrogen and oxygen atoms in total. The maximum Gasteiger partial charge on any atom is 0.534 e. The molecule has 0 radical (unpaired) electrons. The lowest BCUT2D eigenvalue weighted by molar-refractivity contribution is 0.00507. The van der Waals surface area contributed by atoms with Crippen LogP contribution in [0.5, 0.6) is 11.8 Å². The zero-order valence-electron chi connectivity index (χ0n) is 10.9. The Balaban J connectivity index is 1.87. The normalized spacial score (nSPS) is 23.6. The minimum atomic E-state index is -0.915. The van der Waals surface area contributed by atoms with Gasteiger partial charge in [-0.05, 0) is 31.6 Å². The van der Waals surface area contributed by atoms with Crippen LogP contribution in [-0.4, -0.2) is 27.2 Å². The van der Waals surface area contributed by atoms with Crippen LogP contribution in [0.15, 0.2) is 12.1 Å². The van der Waals surface area contributed by atoms with Crippen LogP contribution in [0.1, 0.15) is 39.0 Å². The van der Waals surface area contributed by atoms with Crippen LogP contribution in [0.25, 0.3) is 0 Å². The molecule has 0 amide bonds. The molecule has 1 saturated carbocycles. The van der Waals surface area contributed by atoms with Gasteiger partial charge in [-0.15, -0.1) is 4.73 Å². The highest BCUT2D eigenvalue weighted by molar-refractivity contribution is 5.60. The second-order valence-electron chi connectivity index (χ2n) is 5.04. The van der Waals surface area contributed by atoms with Crippen LogP contribution >= 0.6 is 0 Å². The summed E-state index contributed by atoms with van der Waals surface area (Å²) in [7, 11) is 0. The fraction of sp³-hybridized carbons (Fsp3) is 0.615. The van der Waals surface area contributed by atoms with Gasteiger partial charge in [0.1, 0.15) is 6.10 Å². The number of hydrogen-bond donors (Lipinski definition) is 2. The quantitative estimate of drug-likeness (QED) is 0.636. The average Bonchev–Trinajstić information content (AvgIpc) is 2.57. The van der Waals surface area contributed by atoms with Gasteiger partial charge in [0, 0.05) is 12.1 Å². The highest BCUT2D eigenvalue weighted by atomic mass is 16.8. The zero-order chi connectivity index (χ0) is 13.8. The van der Waals surface area contributed by atoms with E-state index in [2.05, 4.69) is 6.92 Å². The van der Waals surface area contributed by atoms with Crippen molar-refractivity contribution in [1.82, 2.24) is 4.73 Å². The number of ether oxygens (including phenoxy) is 1. The molecule has 0 saturated heterocycles. The summed E-state index contributed by atoms with van der Waals surface area (Å²) in [4.78, 5) is 16.3. The number of carbonyl (C=O) groups excluding carboxylic acids is 1. The van der Waals surface area contributed by atoms with Gasteiger partial charge in [0.15, 0.2) is 0 Å². The van der Waals surface area contributed by atoms with Crippen LogP contribution in [-0.2, 0) is 4.74 Å². The first-order chi connectivity index (χ1) is 9.06. The predicted octanol–water partition coefficient (Wildman–Crippen LogP) is 2.43. The minimum Gasteiger partial charge on any atom is -0.492 e. The first-order valence-corrected chi connectivity index (χ1v) is 6.55. The molecule has 2 unspecified atom stereocenters. The summed E-state index contributed by atoms with van der Waals surface area (Å²) in [5.41, 5.74) is 0. The molecule has 2 N–H and O–H groups in total. The summed E-state index contributed by atoms with van der Waals surface area (Å²) >= 11 is 0. The van der Waals surface area contributed by atoms with Crippen LogP contribution in [0, 0.1) is 5.92 Å². The van der Waals surface area contributed by atoms with E-state index >= 15 is 0 Å². The van der Waals surface area contributed by atoms with Crippen molar-refractivity contribution in [3.8, 4) is 11.8 Å². The van der Waals surface area contributed by atoms with E-state index in [1.807, 2.05) is 0 Å². The van der Waals surface area contributed by atoms with Gasteiger partial charge in [0.25, 0.3) is 0 Å². The molecule has 2 rings (SSSR count). The molecular formula is C13H19NO5. The SMILES string of the molecule is CC1CCCC(OC(=O)On2c(O)ccc2O)CC1. The Morgan fingerprint density at radius 1 is 1.21 bits per heavy atom. The fourth-order valence-corrected chi connectivity index (χ4v) is 2.30. The topological polar surface area (TPSA) is 80.9 Å². The summed E-state index contributed by atoms with van der Waals surface area (Å²) in [6.45, 7) is 2.19. The summed E-state index contributed by atoms with van der Waals surface area (Å²) in [6.07, 6.45) is 3.77. The summed E-state index contributed by atoms with van der Waals surface area (Å²) in [5.74, 6) is -0.0602. The van der Waals surface area contributed by atoms with E-state index < -0.39 is 6.16 Å². The van der Waals surface area contributed by atoms with E-state index in [1.165, 1.54) is 12.1 Å². The van der Waals surface area contributed by atoms with Gasteiger partial charge < -0.3 is 14.9 Å². The molecule has 19 heavy (non-hydrogen) atoms. The number of hydrogen-bond acceptors (Lipinski definition) is 5. The van der Waals surface area contributed by atoms with Crippen molar-refractivity contribution in [2.45, 2.75) is 45.1 Å². The van der Waals surface area contributed by atoms with Crippen molar-refractivity contribution in [2.24, 2.45) is 5.92 Å². The van der Waals surface area contributed by atoms with Crippen molar-refractivity contribution in [2.75, 3.05) is 0 Å². The van der Waals surface area contributed by atoms with Crippen molar-refractivity contribution < 1.29 is 24.6 Å². The van der Waals surface area contributed by atoms with Crippen LogP contribution < -0.4 is 4.84 Å². The van der Waals surface area contributed by atoms with Crippen molar-refractivity contribution >= 4 is 6.16 Å². The first-order valence-electron chi connectivity index (χ1n) is 6.55. The molecule has 0 aromatic carbocycles. The standard InChI is InChI=1S/C13H19NO5/c1-9-3-2-4-10(6-5-9)18-13(17)19-14-11(15)7-8-12(14)16/h7-10,15-16H,2-6H2,1H3. The number of nitrogens with zero attached hydrogens (tertiary/aromatic N) is 1. The summed E-state index contributed by atoms with van der Waals surface area (Å²) < 4.78 is 5.83. The van der Waals surface area contributed by atoms with E-state index in [0.29, 0.717) is 10.6 Å². The highest BCUT2D eigenvalue weighted by Crippen LogP contribution is 2.25. The molecule has 1 heterocycles. The molecular weight excluding hydrogens is 250 g/mol. The lowest BCUT2D eigenvalue weighted by Gasteiger charge is -2.15. The second kappa shape index (κ2) is 5.86. The van der Waals surface area contributed by atoms with Gasteiger partial charge >= 0.3 is 6.16 Å². The van der Waals surface area contributed by atoms with E-state index in [-0.39, 0.29) is 17.9 Å². The molecule has 0 spiro atoms. The molecule has 1 aliphatic rings. The van der Waals surface area contributed by atoms with Gasteiger partial charge in [-0.1, -0.05) is 13.3 Å². The maximum absolute atomic E-state index is 11.6. The number of aromatic nitrogens is 1. The van der Waals surface area contributed by atoms with Crippen molar-refractivity contribution in [3.05, 3.63) is 12.1 Å². The van der Waals surface area contributed by atoms with Crippen LogP contribution in [0.3, 0.4) is 0 Å². The molecule has 106 valence electrons. The van der Waals surface area contributed by atoms with E-state index in [4.69, 9.17) is 9.57 Å². The Bertz CT molecular complexity index is 423. The molecule has 1 aromatic rings. The van der Waals surface area contributed by atoms with Gasteiger partial charge in [-0.2, -0.15) is 0 Å². The van der Waals surface area contributed by atoms with Gasteiger partial charge in [0.2, 0.25) is 11.8 Å². The molecule has 0 bridgehead atoms. The monoisotopic (exact) mass is 269 g/mol. The third-order valence-corrected chi connectivity index (χ3v) is 3.43. The first kappa shape index (κ1) is 13.6.